The number of carbonyl (C=O) groups excluding carboxylic acids is 1. The van der Waals surface area contributed by atoms with Crippen molar-refractivity contribution >= 4 is 28.4 Å². The first-order valence-corrected chi connectivity index (χ1v) is 5.65. The van der Waals surface area contributed by atoms with Crippen LogP contribution < -0.4 is 4.74 Å². The molecule has 1 aromatic carbocycles. The van der Waals surface area contributed by atoms with Gasteiger partial charge in [0.15, 0.2) is 0 Å². The Labute approximate surface area is 97.8 Å². The average molecular weight is 304 g/mol. The van der Waals surface area contributed by atoms with Crippen molar-refractivity contribution in [2.75, 3.05) is 7.11 Å². The van der Waals surface area contributed by atoms with Gasteiger partial charge in [0.05, 0.1) is 7.11 Å². The molecule has 0 spiro atoms. The highest BCUT2D eigenvalue weighted by atomic mass is 127. The number of carbonyl (C=O) groups is 1. The van der Waals surface area contributed by atoms with E-state index in [2.05, 4.69) is 22.6 Å². The zero-order valence-corrected chi connectivity index (χ0v) is 10.4. The SMILES string of the molecule is COc1ccc(C(I)CC(C)=O)cc1. The highest BCUT2D eigenvalue weighted by Crippen LogP contribution is 2.28. The van der Waals surface area contributed by atoms with E-state index in [1.54, 1.807) is 14.0 Å². The summed E-state index contributed by atoms with van der Waals surface area (Å²) in [4.78, 5) is 10.9. The van der Waals surface area contributed by atoms with Crippen molar-refractivity contribution < 1.29 is 9.53 Å². The lowest BCUT2D eigenvalue weighted by Gasteiger charge is -2.08. The van der Waals surface area contributed by atoms with E-state index >= 15 is 0 Å². The van der Waals surface area contributed by atoms with Crippen molar-refractivity contribution in [1.82, 2.24) is 0 Å². The maximum Gasteiger partial charge on any atom is 0.131 e. The molecule has 3 heteroatoms. The van der Waals surface area contributed by atoms with Gasteiger partial charge in [-0.15, -0.1) is 0 Å². The third-order valence-electron chi connectivity index (χ3n) is 1.94. The van der Waals surface area contributed by atoms with Crippen LogP contribution in [0.4, 0.5) is 0 Å². The first-order chi connectivity index (χ1) is 6.63. The summed E-state index contributed by atoms with van der Waals surface area (Å²) in [7, 11) is 1.64. The minimum Gasteiger partial charge on any atom is -0.497 e. The molecule has 2 nitrogen and oxygen atoms in total. The van der Waals surface area contributed by atoms with Crippen LogP contribution in [0, 0.1) is 0 Å². The summed E-state index contributed by atoms with van der Waals surface area (Å²) in [6, 6.07) is 7.83. The number of ether oxygens (including phenoxy) is 1. The van der Waals surface area contributed by atoms with Crippen LogP contribution in [0.2, 0.25) is 0 Å². The van der Waals surface area contributed by atoms with Crippen molar-refractivity contribution in [3.8, 4) is 5.75 Å². The molecule has 1 rings (SSSR count). The predicted molar refractivity (Wildman–Crippen MR) is 65.1 cm³/mol. The first-order valence-electron chi connectivity index (χ1n) is 4.41. The molecule has 0 amide bonds. The molecule has 1 unspecified atom stereocenters. The summed E-state index contributed by atoms with van der Waals surface area (Å²) in [5.41, 5.74) is 1.17. The van der Waals surface area contributed by atoms with Gasteiger partial charge >= 0.3 is 0 Å². The average Bonchev–Trinajstić information content (AvgIpc) is 2.17. The van der Waals surface area contributed by atoms with Crippen LogP contribution in [-0.4, -0.2) is 12.9 Å². The lowest BCUT2D eigenvalue weighted by Crippen LogP contribution is -1.97. The zero-order valence-electron chi connectivity index (χ0n) is 8.29. The van der Waals surface area contributed by atoms with Gasteiger partial charge in [-0.25, -0.2) is 0 Å². The van der Waals surface area contributed by atoms with Crippen molar-refractivity contribution in [3.05, 3.63) is 29.8 Å². The van der Waals surface area contributed by atoms with Crippen molar-refractivity contribution in [1.29, 1.82) is 0 Å². The fraction of sp³-hybridized carbons (Fsp3) is 0.364. The summed E-state index contributed by atoms with van der Waals surface area (Å²) < 4.78 is 5.32. The van der Waals surface area contributed by atoms with Crippen LogP contribution in [0.1, 0.15) is 22.8 Å². The number of Topliss-reactive ketones (excluding diaryl/α,β-unsaturated/α-hetero) is 1. The van der Waals surface area contributed by atoms with E-state index in [-0.39, 0.29) is 9.71 Å². The molecule has 1 atom stereocenters. The van der Waals surface area contributed by atoms with E-state index in [1.807, 2.05) is 24.3 Å². The van der Waals surface area contributed by atoms with Crippen LogP contribution >= 0.6 is 22.6 Å². The number of hydrogen-bond acceptors (Lipinski definition) is 2. The molecule has 76 valence electrons. The molecular formula is C11H13IO2. The van der Waals surface area contributed by atoms with E-state index in [1.165, 1.54) is 5.56 Å². The fourth-order valence-electron chi connectivity index (χ4n) is 1.18. The van der Waals surface area contributed by atoms with Gasteiger partial charge in [0.2, 0.25) is 0 Å². The number of ketones is 1. The number of rotatable bonds is 4. The number of benzene rings is 1. The maximum absolute atomic E-state index is 10.9. The van der Waals surface area contributed by atoms with Gasteiger partial charge in [-0.2, -0.15) is 0 Å². The molecule has 0 radical (unpaired) electrons. The normalized spacial score (nSPS) is 12.2. The van der Waals surface area contributed by atoms with Crippen molar-refractivity contribution in [3.63, 3.8) is 0 Å². The van der Waals surface area contributed by atoms with Crippen molar-refractivity contribution in [2.45, 2.75) is 17.3 Å². The van der Waals surface area contributed by atoms with Crippen molar-refractivity contribution in [2.24, 2.45) is 0 Å². The second-order valence-electron chi connectivity index (χ2n) is 3.15. The molecule has 0 bridgehead atoms. The largest absolute Gasteiger partial charge is 0.497 e. The zero-order chi connectivity index (χ0) is 10.6. The van der Waals surface area contributed by atoms with Gasteiger partial charge in [0.25, 0.3) is 0 Å². The number of alkyl halides is 1. The van der Waals surface area contributed by atoms with Crippen LogP contribution in [-0.2, 0) is 4.79 Å². The van der Waals surface area contributed by atoms with E-state index in [9.17, 15) is 4.79 Å². The highest BCUT2D eigenvalue weighted by molar-refractivity contribution is 14.1. The third kappa shape index (κ3) is 3.29. The van der Waals surface area contributed by atoms with Gasteiger partial charge in [0.1, 0.15) is 11.5 Å². The number of methoxy groups -OCH3 is 1. The molecule has 0 aliphatic heterocycles. The lowest BCUT2D eigenvalue weighted by molar-refractivity contribution is -0.116. The molecule has 0 fully saturated rings. The highest BCUT2D eigenvalue weighted by Gasteiger charge is 2.09. The van der Waals surface area contributed by atoms with E-state index in [0.717, 1.165) is 5.75 Å². The topological polar surface area (TPSA) is 26.3 Å². The van der Waals surface area contributed by atoms with Gasteiger partial charge in [-0.1, -0.05) is 34.7 Å². The predicted octanol–water partition coefficient (Wildman–Crippen LogP) is 3.15. The van der Waals surface area contributed by atoms with Gasteiger partial charge in [-0.3, -0.25) is 4.79 Å². The summed E-state index contributed by atoms with van der Waals surface area (Å²) in [6.45, 7) is 1.62. The Hall–Kier alpha value is -0.580. The number of hydrogen-bond donors (Lipinski definition) is 0. The molecular weight excluding hydrogens is 291 g/mol. The summed E-state index contributed by atoms with van der Waals surface area (Å²) >= 11 is 2.28. The Balaban J connectivity index is 2.71. The smallest absolute Gasteiger partial charge is 0.131 e. The second kappa shape index (κ2) is 5.34. The van der Waals surface area contributed by atoms with Gasteiger partial charge in [-0.05, 0) is 24.6 Å². The molecule has 0 saturated heterocycles. The molecule has 0 aliphatic carbocycles. The van der Waals surface area contributed by atoms with Crippen LogP contribution in [0.25, 0.3) is 0 Å². The molecule has 1 aromatic rings. The monoisotopic (exact) mass is 304 g/mol. The van der Waals surface area contributed by atoms with Gasteiger partial charge < -0.3 is 4.74 Å². The Bertz CT molecular complexity index is 306. The summed E-state index contributed by atoms with van der Waals surface area (Å²) in [6.07, 6.45) is 0.590. The molecule has 14 heavy (non-hydrogen) atoms. The summed E-state index contributed by atoms with van der Waals surface area (Å²) in [5.74, 6) is 1.07. The summed E-state index contributed by atoms with van der Waals surface area (Å²) in [5, 5.41) is 0. The van der Waals surface area contributed by atoms with Crippen LogP contribution in [0.5, 0.6) is 5.75 Å². The minimum atomic E-state index is 0.222. The Morgan fingerprint density at radius 3 is 2.43 bits per heavy atom. The standard InChI is InChI=1S/C11H13IO2/c1-8(13)7-11(12)9-3-5-10(14-2)6-4-9/h3-6,11H,7H2,1-2H3. The maximum atomic E-state index is 10.9. The molecule has 0 aromatic heterocycles. The van der Waals surface area contributed by atoms with Crippen LogP contribution in [0.3, 0.4) is 0 Å². The first kappa shape index (κ1) is 11.5. The lowest BCUT2D eigenvalue weighted by atomic mass is 10.1. The van der Waals surface area contributed by atoms with E-state index in [4.69, 9.17) is 4.74 Å². The third-order valence-corrected chi connectivity index (χ3v) is 3.10. The minimum absolute atomic E-state index is 0.222. The Morgan fingerprint density at radius 2 is 2.00 bits per heavy atom. The quantitative estimate of drug-likeness (QED) is 0.631. The molecule has 0 aliphatic rings. The number of halogens is 1. The fourth-order valence-corrected chi connectivity index (χ4v) is 2.22. The van der Waals surface area contributed by atoms with E-state index in [0.29, 0.717) is 6.42 Å². The second-order valence-corrected chi connectivity index (χ2v) is 4.65. The molecule has 0 N–H and O–H groups in total. The van der Waals surface area contributed by atoms with Gasteiger partial charge in [0, 0.05) is 10.3 Å². The Kier molecular flexibility index (Phi) is 4.38. The van der Waals surface area contributed by atoms with Crippen LogP contribution in [0.15, 0.2) is 24.3 Å². The Morgan fingerprint density at radius 1 is 1.43 bits per heavy atom. The molecule has 0 heterocycles. The molecule has 0 saturated carbocycles. The van der Waals surface area contributed by atoms with E-state index < -0.39 is 0 Å².